The summed E-state index contributed by atoms with van der Waals surface area (Å²) in [6.07, 6.45) is 2.17. The Kier molecular flexibility index (Phi) is 8.44. The topological polar surface area (TPSA) is 66.6 Å². The number of carbonyl (C=O) groups excluding carboxylic acids is 2. The number of nitrogens with zero attached hydrogens (tertiary/aromatic N) is 2. The second-order valence-corrected chi connectivity index (χ2v) is 8.76. The Morgan fingerprint density at radius 2 is 1.71 bits per heavy atom. The number of primary amides is 1. The SMILES string of the molecule is CCC[C@H](C(N)=O)[C@@H](CC(C)C)C(=O)N1CCN(c2ccc(Cl)c(Cl)c2)CC1. The standard InChI is InChI=1S/C21H31Cl2N3O2/c1-4-5-16(20(24)27)17(12-14(2)3)21(28)26-10-8-25(9-11-26)15-6-7-18(22)19(23)13-15/h6-7,13-14,16-17H,4-5,8-12H2,1-3H3,(H2,24,27)/t16-,17+/m0/s1. The molecule has 2 atom stereocenters. The molecule has 1 heterocycles. The Balaban J connectivity index is 2.07. The summed E-state index contributed by atoms with van der Waals surface area (Å²) in [5, 5.41) is 1.06. The maximum absolute atomic E-state index is 13.3. The zero-order valence-corrected chi connectivity index (χ0v) is 18.5. The molecule has 1 fully saturated rings. The van der Waals surface area contributed by atoms with E-state index in [2.05, 4.69) is 18.7 Å². The van der Waals surface area contributed by atoms with Crippen LogP contribution in [0.25, 0.3) is 0 Å². The highest BCUT2D eigenvalue weighted by molar-refractivity contribution is 6.42. The van der Waals surface area contributed by atoms with Gasteiger partial charge in [-0.1, -0.05) is 50.4 Å². The van der Waals surface area contributed by atoms with Gasteiger partial charge >= 0.3 is 0 Å². The number of halogens is 2. The second kappa shape index (κ2) is 10.4. The van der Waals surface area contributed by atoms with Crippen molar-refractivity contribution >= 4 is 40.7 Å². The molecule has 5 nitrogen and oxygen atoms in total. The van der Waals surface area contributed by atoms with Gasteiger partial charge in [-0.2, -0.15) is 0 Å². The molecule has 1 aromatic carbocycles. The predicted octanol–water partition coefficient (Wildman–Crippen LogP) is 4.21. The highest BCUT2D eigenvalue weighted by atomic mass is 35.5. The first-order chi connectivity index (χ1) is 13.2. The lowest BCUT2D eigenvalue weighted by Crippen LogP contribution is -2.52. The fourth-order valence-corrected chi connectivity index (χ4v) is 4.19. The number of nitrogens with two attached hydrogens (primary N) is 1. The van der Waals surface area contributed by atoms with E-state index >= 15 is 0 Å². The summed E-state index contributed by atoms with van der Waals surface area (Å²) in [4.78, 5) is 29.4. The van der Waals surface area contributed by atoms with Gasteiger partial charge < -0.3 is 15.5 Å². The molecule has 0 spiro atoms. The summed E-state index contributed by atoms with van der Waals surface area (Å²) in [6, 6.07) is 5.59. The van der Waals surface area contributed by atoms with Crippen LogP contribution in [0, 0.1) is 17.8 Å². The highest BCUT2D eigenvalue weighted by Crippen LogP contribution is 2.30. The van der Waals surface area contributed by atoms with Crippen LogP contribution in [0.5, 0.6) is 0 Å². The number of piperazine rings is 1. The molecule has 28 heavy (non-hydrogen) atoms. The molecule has 0 bridgehead atoms. The van der Waals surface area contributed by atoms with Crippen molar-refractivity contribution in [2.75, 3.05) is 31.1 Å². The van der Waals surface area contributed by atoms with Gasteiger partial charge in [0.15, 0.2) is 0 Å². The molecule has 2 rings (SSSR count). The van der Waals surface area contributed by atoms with Crippen molar-refractivity contribution in [3.8, 4) is 0 Å². The lowest BCUT2D eigenvalue weighted by Gasteiger charge is -2.39. The van der Waals surface area contributed by atoms with Crippen LogP contribution in [-0.2, 0) is 9.59 Å². The Morgan fingerprint density at radius 3 is 2.21 bits per heavy atom. The fraction of sp³-hybridized carbons (Fsp3) is 0.619. The minimum Gasteiger partial charge on any atom is -0.369 e. The zero-order valence-electron chi connectivity index (χ0n) is 17.0. The maximum Gasteiger partial charge on any atom is 0.226 e. The number of hydrogen-bond donors (Lipinski definition) is 1. The van der Waals surface area contributed by atoms with Crippen molar-refractivity contribution in [3.05, 3.63) is 28.2 Å². The summed E-state index contributed by atoms with van der Waals surface area (Å²) in [5.41, 5.74) is 6.65. The van der Waals surface area contributed by atoms with Gasteiger partial charge in [0.1, 0.15) is 0 Å². The fourth-order valence-electron chi connectivity index (χ4n) is 3.90. The largest absolute Gasteiger partial charge is 0.369 e. The van der Waals surface area contributed by atoms with E-state index in [4.69, 9.17) is 28.9 Å². The van der Waals surface area contributed by atoms with Gasteiger partial charge in [0.05, 0.1) is 10.0 Å². The number of amides is 2. The normalized spacial score (nSPS) is 16.9. The molecule has 1 saturated heterocycles. The lowest BCUT2D eigenvalue weighted by molar-refractivity contribution is -0.142. The third-order valence-corrected chi connectivity index (χ3v) is 6.09. The maximum atomic E-state index is 13.3. The van der Waals surface area contributed by atoms with Crippen LogP contribution in [0.3, 0.4) is 0 Å². The van der Waals surface area contributed by atoms with Gasteiger partial charge in [-0.05, 0) is 37.0 Å². The number of carbonyl (C=O) groups is 2. The van der Waals surface area contributed by atoms with E-state index in [0.29, 0.717) is 55.0 Å². The van der Waals surface area contributed by atoms with Crippen LogP contribution in [0.2, 0.25) is 10.0 Å². The Bertz CT molecular complexity index is 688. The molecule has 156 valence electrons. The van der Waals surface area contributed by atoms with Crippen molar-refractivity contribution in [1.29, 1.82) is 0 Å². The quantitative estimate of drug-likeness (QED) is 0.675. The molecule has 2 amide bonds. The third-order valence-electron chi connectivity index (χ3n) is 5.35. The van der Waals surface area contributed by atoms with Crippen molar-refractivity contribution in [2.24, 2.45) is 23.5 Å². The van der Waals surface area contributed by atoms with Crippen molar-refractivity contribution in [1.82, 2.24) is 4.90 Å². The van der Waals surface area contributed by atoms with E-state index in [-0.39, 0.29) is 17.7 Å². The third kappa shape index (κ3) is 5.77. The molecule has 0 unspecified atom stereocenters. The summed E-state index contributed by atoms with van der Waals surface area (Å²) in [7, 11) is 0. The first-order valence-electron chi connectivity index (χ1n) is 10.0. The molecular weight excluding hydrogens is 397 g/mol. The van der Waals surface area contributed by atoms with E-state index < -0.39 is 5.92 Å². The average molecular weight is 428 g/mol. The van der Waals surface area contributed by atoms with Crippen LogP contribution >= 0.6 is 23.2 Å². The van der Waals surface area contributed by atoms with Crippen molar-refractivity contribution in [2.45, 2.75) is 40.0 Å². The number of benzene rings is 1. The Morgan fingerprint density at radius 1 is 1.07 bits per heavy atom. The summed E-state index contributed by atoms with van der Waals surface area (Å²) in [6.45, 7) is 8.83. The van der Waals surface area contributed by atoms with Crippen LogP contribution in [-0.4, -0.2) is 42.9 Å². The first-order valence-corrected chi connectivity index (χ1v) is 10.8. The van der Waals surface area contributed by atoms with E-state index in [1.54, 1.807) is 6.07 Å². The Hall–Kier alpha value is -1.46. The minimum absolute atomic E-state index is 0.0553. The highest BCUT2D eigenvalue weighted by Gasteiger charge is 2.36. The van der Waals surface area contributed by atoms with Crippen LogP contribution in [0.15, 0.2) is 18.2 Å². The second-order valence-electron chi connectivity index (χ2n) is 7.94. The monoisotopic (exact) mass is 427 g/mol. The smallest absolute Gasteiger partial charge is 0.226 e. The minimum atomic E-state index is -0.395. The molecule has 2 N–H and O–H groups in total. The van der Waals surface area contributed by atoms with E-state index in [1.807, 2.05) is 24.0 Å². The molecule has 0 aromatic heterocycles. The van der Waals surface area contributed by atoms with Gasteiger partial charge in [-0.25, -0.2) is 0 Å². The zero-order chi connectivity index (χ0) is 20.8. The predicted molar refractivity (Wildman–Crippen MR) is 116 cm³/mol. The molecule has 0 saturated carbocycles. The summed E-state index contributed by atoms with van der Waals surface area (Å²) in [5.74, 6) is -0.720. The average Bonchev–Trinajstić information content (AvgIpc) is 2.66. The molecule has 0 radical (unpaired) electrons. The van der Waals surface area contributed by atoms with Crippen molar-refractivity contribution in [3.63, 3.8) is 0 Å². The molecule has 1 aromatic rings. The van der Waals surface area contributed by atoms with Gasteiger partial charge in [0, 0.05) is 43.7 Å². The van der Waals surface area contributed by atoms with Crippen LogP contribution < -0.4 is 10.6 Å². The lowest BCUT2D eigenvalue weighted by atomic mass is 9.81. The van der Waals surface area contributed by atoms with Gasteiger partial charge in [-0.15, -0.1) is 0 Å². The molecule has 0 aliphatic carbocycles. The number of anilines is 1. The Labute approximate surface area is 178 Å². The van der Waals surface area contributed by atoms with Crippen molar-refractivity contribution < 1.29 is 9.59 Å². The summed E-state index contributed by atoms with van der Waals surface area (Å²) >= 11 is 12.1. The van der Waals surface area contributed by atoms with Gasteiger partial charge in [-0.3, -0.25) is 9.59 Å². The molecule has 7 heteroatoms. The van der Waals surface area contributed by atoms with E-state index in [9.17, 15) is 9.59 Å². The van der Waals surface area contributed by atoms with E-state index in [0.717, 1.165) is 12.1 Å². The molecule has 1 aliphatic heterocycles. The van der Waals surface area contributed by atoms with Crippen LogP contribution in [0.1, 0.15) is 40.0 Å². The number of hydrogen-bond acceptors (Lipinski definition) is 3. The number of rotatable bonds is 8. The van der Waals surface area contributed by atoms with E-state index in [1.165, 1.54) is 0 Å². The first kappa shape index (κ1) is 22.8. The molecule has 1 aliphatic rings. The molecular formula is C21H31Cl2N3O2. The summed E-state index contributed by atoms with van der Waals surface area (Å²) < 4.78 is 0. The van der Waals surface area contributed by atoms with Gasteiger partial charge in [0.25, 0.3) is 0 Å². The van der Waals surface area contributed by atoms with Crippen LogP contribution in [0.4, 0.5) is 5.69 Å². The van der Waals surface area contributed by atoms with Gasteiger partial charge in [0.2, 0.25) is 11.8 Å².